The number of nitrogens with one attached hydrogen (secondary N) is 2. The van der Waals surface area contributed by atoms with Crippen LogP contribution >= 0.6 is 0 Å². The molecule has 0 spiro atoms. The van der Waals surface area contributed by atoms with E-state index in [9.17, 15) is 9.59 Å². The third-order valence-electron chi connectivity index (χ3n) is 4.82. The number of fused-ring (bicyclic) bond motifs is 1. The van der Waals surface area contributed by atoms with Gasteiger partial charge in [0.05, 0.1) is 6.04 Å². The average Bonchev–Trinajstić information content (AvgIpc) is 3.28. The number of aromatic nitrogens is 1. The average molecular weight is 339 g/mol. The van der Waals surface area contributed by atoms with E-state index < -0.39 is 0 Å². The predicted molar refractivity (Wildman–Crippen MR) is 92.2 cm³/mol. The molecule has 1 aliphatic heterocycles. The predicted octanol–water partition coefficient (Wildman–Crippen LogP) is 3.00. The molecule has 6 heteroatoms. The van der Waals surface area contributed by atoms with Gasteiger partial charge >= 0.3 is 0 Å². The van der Waals surface area contributed by atoms with E-state index in [1.54, 1.807) is 0 Å². The fraction of sp³-hybridized carbons (Fsp3) is 0.421. The highest BCUT2D eigenvalue weighted by atomic mass is 16.3. The van der Waals surface area contributed by atoms with Gasteiger partial charge < -0.3 is 15.1 Å². The molecule has 1 aromatic carbocycles. The summed E-state index contributed by atoms with van der Waals surface area (Å²) >= 11 is 0. The summed E-state index contributed by atoms with van der Waals surface area (Å²) < 4.78 is 5.40. The van der Waals surface area contributed by atoms with Crippen LogP contribution in [0.2, 0.25) is 0 Å². The Morgan fingerprint density at radius 1 is 1.40 bits per heavy atom. The number of rotatable bonds is 5. The van der Waals surface area contributed by atoms with Gasteiger partial charge in [-0.3, -0.25) is 9.59 Å². The van der Waals surface area contributed by atoms with Crippen LogP contribution in [0.15, 0.2) is 28.9 Å². The highest BCUT2D eigenvalue weighted by molar-refractivity contribution is 5.94. The molecule has 1 aromatic heterocycles. The van der Waals surface area contributed by atoms with E-state index in [0.717, 1.165) is 29.7 Å². The standard InChI is InChI=1S/C19H21N3O3/c1-11(13-4-6-15-14(9-13)5-7-17(23)21-15)20-19(24)16-10-25-18(22-16)8-12-2-3-12/h4,6,9-12H,2-3,5,7-8H2,1H3,(H,20,24)(H,21,23). The molecule has 4 rings (SSSR count). The minimum atomic E-state index is -0.232. The quantitative estimate of drug-likeness (QED) is 0.877. The molecule has 2 N–H and O–H groups in total. The minimum absolute atomic E-state index is 0.0506. The number of aryl methyl sites for hydroxylation is 1. The number of carbonyl (C=O) groups excluding carboxylic acids is 2. The van der Waals surface area contributed by atoms with Gasteiger partial charge in [0, 0.05) is 18.5 Å². The second-order valence-corrected chi connectivity index (χ2v) is 6.93. The zero-order chi connectivity index (χ0) is 17.4. The highest BCUT2D eigenvalue weighted by Crippen LogP contribution is 2.32. The Labute approximate surface area is 146 Å². The van der Waals surface area contributed by atoms with Gasteiger partial charge in [-0.2, -0.15) is 0 Å². The maximum atomic E-state index is 12.4. The van der Waals surface area contributed by atoms with Gasteiger partial charge in [0.25, 0.3) is 5.91 Å². The third kappa shape index (κ3) is 3.57. The number of hydrogen-bond acceptors (Lipinski definition) is 4. The minimum Gasteiger partial charge on any atom is -0.448 e. The summed E-state index contributed by atoms with van der Waals surface area (Å²) in [7, 11) is 0. The Kier molecular flexibility index (Phi) is 4.03. The number of benzene rings is 1. The highest BCUT2D eigenvalue weighted by Gasteiger charge is 2.25. The number of oxazole rings is 1. The molecule has 1 saturated carbocycles. The molecule has 2 aromatic rings. The third-order valence-corrected chi connectivity index (χ3v) is 4.82. The van der Waals surface area contributed by atoms with Gasteiger partial charge in [0.1, 0.15) is 6.26 Å². The summed E-state index contributed by atoms with van der Waals surface area (Å²) in [6, 6.07) is 5.71. The van der Waals surface area contributed by atoms with Crippen LogP contribution in [0.25, 0.3) is 0 Å². The number of nitrogens with zero attached hydrogens (tertiary/aromatic N) is 1. The van der Waals surface area contributed by atoms with Gasteiger partial charge in [-0.1, -0.05) is 12.1 Å². The molecule has 6 nitrogen and oxygen atoms in total. The lowest BCUT2D eigenvalue weighted by Gasteiger charge is -2.20. The number of anilines is 1. The summed E-state index contributed by atoms with van der Waals surface area (Å²) in [4.78, 5) is 28.1. The number of carbonyl (C=O) groups is 2. The largest absolute Gasteiger partial charge is 0.448 e. The molecule has 2 amide bonds. The second-order valence-electron chi connectivity index (χ2n) is 6.93. The van der Waals surface area contributed by atoms with Crippen LogP contribution in [-0.4, -0.2) is 16.8 Å². The molecule has 0 radical (unpaired) electrons. The Morgan fingerprint density at radius 3 is 3.04 bits per heavy atom. The fourth-order valence-corrected chi connectivity index (χ4v) is 3.10. The molecule has 2 aliphatic rings. The van der Waals surface area contributed by atoms with Gasteiger partial charge in [-0.15, -0.1) is 0 Å². The summed E-state index contributed by atoms with van der Waals surface area (Å²) in [6.45, 7) is 1.94. The molecule has 0 bridgehead atoms. The summed E-state index contributed by atoms with van der Waals surface area (Å²) in [5, 5.41) is 5.83. The molecule has 0 saturated heterocycles. The summed E-state index contributed by atoms with van der Waals surface area (Å²) in [5.41, 5.74) is 3.30. The van der Waals surface area contributed by atoms with Crippen molar-refractivity contribution in [3.63, 3.8) is 0 Å². The van der Waals surface area contributed by atoms with Crippen molar-refractivity contribution in [1.29, 1.82) is 0 Å². The van der Waals surface area contributed by atoms with E-state index in [4.69, 9.17) is 4.42 Å². The van der Waals surface area contributed by atoms with Crippen molar-refractivity contribution in [1.82, 2.24) is 10.3 Å². The van der Waals surface area contributed by atoms with Gasteiger partial charge in [-0.05, 0) is 49.3 Å². The molecule has 1 unspecified atom stereocenters. The number of hydrogen-bond donors (Lipinski definition) is 2. The Bertz CT molecular complexity index is 823. The zero-order valence-electron chi connectivity index (χ0n) is 14.2. The molecular weight excluding hydrogens is 318 g/mol. The van der Waals surface area contributed by atoms with Crippen molar-refractivity contribution in [3.8, 4) is 0 Å². The smallest absolute Gasteiger partial charge is 0.273 e. The Balaban J connectivity index is 1.42. The van der Waals surface area contributed by atoms with Crippen LogP contribution in [0, 0.1) is 5.92 Å². The lowest BCUT2D eigenvalue weighted by Crippen LogP contribution is -2.27. The Hall–Kier alpha value is -2.63. The van der Waals surface area contributed by atoms with Crippen molar-refractivity contribution in [2.75, 3.05) is 5.32 Å². The van der Waals surface area contributed by atoms with Gasteiger partial charge in [-0.25, -0.2) is 4.98 Å². The molecule has 1 fully saturated rings. The topological polar surface area (TPSA) is 84.2 Å². The van der Waals surface area contributed by atoms with Crippen LogP contribution < -0.4 is 10.6 Å². The first-order valence-electron chi connectivity index (χ1n) is 8.76. The molecular formula is C19H21N3O3. The van der Waals surface area contributed by atoms with Crippen LogP contribution in [0.4, 0.5) is 5.69 Å². The van der Waals surface area contributed by atoms with Crippen LogP contribution in [-0.2, 0) is 17.6 Å². The normalized spacial score (nSPS) is 17.6. The molecule has 1 atom stereocenters. The van der Waals surface area contributed by atoms with E-state index in [2.05, 4.69) is 15.6 Å². The zero-order valence-corrected chi connectivity index (χ0v) is 14.2. The first kappa shape index (κ1) is 15.9. The van der Waals surface area contributed by atoms with Crippen molar-refractivity contribution in [2.45, 2.75) is 45.1 Å². The lowest BCUT2D eigenvalue weighted by atomic mass is 9.98. The summed E-state index contributed by atoms with van der Waals surface area (Å²) in [6.07, 6.45) is 5.92. The molecule has 25 heavy (non-hydrogen) atoms. The number of amides is 2. The van der Waals surface area contributed by atoms with Crippen molar-refractivity contribution < 1.29 is 14.0 Å². The van der Waals surface area contributed by atoms with Gasteiger partial charge in [0.2, 0.25) is 5.91 Å². The van der Waals surface area contributed by atoms with E-state index in [1.807, 2.05) is 25.1 Å². The fourth-order valence-electron chi connectivity index (χ4n) is 3.10. The first-order chi connectivity index (χ1) is 12.1. The van der Waals surface area contributed by atoms with Crippen molar-refractivity contribution in [2.24, 2.45) is 5.92 Å². The molecule has 2 heterocycles. The van der Waals surface area contributed by atoms with Crippen LogP contribution in [0.5, 0.6) is 0 Å². The Morgan fingerprint density at radius 2 is 2.24 bits per heavy atom. The lowest BCUT2D eigenvalue weighted by molar-refractivity contribution is -0.116. The van der Waals surface area contributed by atoms with Crippen molar-refractivity contribution >= 4 is 17.5 Å². The molecule has 1 aliphatic carbocycles. The van der Waals surface area contributed by atoms with Crippen LogP contribution in [0.3, 0.4) is 0 Å². The van der Waals surface area contributed by atoms with E-state index in [0.29, 0.717) is 23.9 Å². The second kappa shape index (κ2) is 6.35. The first-order valence-corrected chi connectivity index (χ1v) is 8.76. The van der Waals surface area contributed by atoms with E-state index >= 15 is 0 Å². The summed E-state index contributed by atoms with van der Waals surface area (Å²) in [5.74, 6) is 1.13. The van der Waals surface area contributed by atoms with Gasteiger partial charge in [0.15, 0.2) is 11.6 Å². The van der Waals surface area contributed by atoms with E-state index in [-0.39, 0.29) is 17.9 Å². The van der Waals surface area contributed by atoms with E-state index in [1.165, 1.54) is 19.1 Å². The monoisotopic (exact) mass is 339 g/mol. The van der Waals surface area contributed by atoms with Crippen LogP contribution in [0.1, 0.15) is 59.7 Å². The SMILES string of the molecule is CC(NC(=O)c1coc(CC2CC2)n1)c1ccc2c(c1)CCC(=O)N2. The molecule has 130 valence electrons. The maximum absolute atomic E-state index is 12.4. The maximum Gasteiger partial charge on any atom is 0.273 e. The van der Waals surface area contributed by atoms with Crippen molar-refractivity contribution in [3.05, 3.63) is 47.2 Å².